The lowest BCUT2D eigenvalue weighted by Gasteiger charge is -2.24. The molecular formula is C8H17NO2. The number of hydrogen-bond donors (Lipinski definition) is 1. The molecule has 66 valence electrons. The maximum Gasteiger partial charge on any atom is 0.0819 e. The van der Waals surface area contributed by atoms with Crippen molar-refractivity contribution in [2.24, 2.45) is 0 Å². The highest BCUT2D eigenvalue weighted by atomic mass is 16.9. The summed E-state index contributed by atoms with van der Waals surface area (Å²) < 4.78 is 0. The first-order valence-electron chi connectivity index (χ1n) is 4.46. The molecule has 0 aromatic heterocycles. The Kier molecular flexibility index (Phi) is 3.83. The third-order valence-corrected chi connectivity index (χ3v) is 2.09. The minimum atomic E-state index is 0.258. The van der Waals surface area contributed by atoms with Crippen LogP contribution < -0.4 is 0 Å². The van der Waals surface area contributed by atoms with Crippen LogP contribution in [0.15, 0.2) is 0 Å². The molecule has 0 saturated heterocycles. The zero-order valence-corrected chi connectivity index (χ0v) is 7.12. The Hall–Kier alpha value is -0.120. The molecule has 0 heterocycles. The smallest absolute Gasteiger partial charge is 0.0819 e. The highest BCUT2D eigenvalue weighted by molar-refractivity contribution is 4.63. The third kappa shape index (κ3) is 3.18. The molecule has 0 atom stereocenters. The second kappa shape index (κ2) is 4.70. The normalized spacial score (nSPS) is 21.0. The molecule has 0 aromatic carbocycles. The molecule has 0 amide bonds. The van der Waals surface area contributed by atoms with Crippen LogP contribution in [0.5, 0.6) is 0 Å². The summed E-state index contributed by atoms with van der Waals surface area (Å²) in [6.45, 7) is 2.40. The minimum Gasteiger partial charge on any atom is -0.290 e. The van der Waals surface area contributed by atoms with Gasteiger partial charge in [-0.15, -0.1) is 0 Å². The summed E-state index contributed by atoms with van der Waals surface area (Å²) in [5, 5.41) is 9.96. The molecule has 0 aromatic rings. The lowest BCUT2D eigenvalue weighted by molar-refractivity contribution is -0.361. The number of rotatable bonds is 3. The number of nitrogens with zero attached hydrogens (tertiary/aromatic N) is 1. The molecule has 0 aliphatic heterocycles. The van der Waals surface area contributed by atoms with Gasteiger partial charge in [0.15, 0.2) is 0 Å². The average molecular weight is 159 g/mol. The van der Waals surface area contributed by atoms with Gasteiger partial charge >= 0.3 is 0 Å². The van der Waals surface area contributed by atoms with Crippen LogP contribution in [-0.4, -0.2) is 23.1 Å². The molecule has 0 bridgehead atoms. The van der Waals surface area contributed by atoms with E-state index >= 15 is 0 Å². The van der Waals surface area contributed by atoms with Crippen molar-refractivity contribution in [3.8, 4) is 0 Å². The van der Waals surface area contributed by atoms with E-state index in [0.717, 1.165) is 18.1 Å². The molecule has 3 nitrogen and oxygen atoms in total. The van der Waals surface area contributed by atoms with E-state index in [1.54, 1.807) is 0 Å². The van der Waals surface area contributed by atoms with Crippen molar-refractivity contribution in [2.75, 3.05) is 6.54 Å². The van der Waals surface area contributed by atoms with Crippen molar-refractivity contribution in [1.29, 1.82) is 0 Å². The van der Waals surface area contributed by atoms with Gasteiger partial charge in [-0.05, 0) is 19.8 Å². The largest absolute Gasteiger partial charge is 0.290 e. The van der Waals surface area contributed by atoms with Crippen LogP contribution in [0.25, 0.3) is 0 Å². The second-order valence-corrected chi connectivity index (χ2v) is 3.03. The van der Waals surface area contributed by atoms with Gasteiger partial charge in [-0.3, -0.25) is 10.0 Å². The highest BCUT2D eigenvalue weighted by Gasteiger charge is 2.15. The first-order chi connectivity index (χ1) is 5.33. The second-order valence-electron chi connectivity index (χ2n) is 3.03. The van der Waals surface area contributed by atoms with Crippen molar-refractivity contribution in [2.45, 2.75) is 45.1 Å². The fourth-order valence-corrected chi connectivity index (χ4v) is 1.42. The zero-order valence-electron chi connectivity index (χ0n) is 7.12. The lowest BCUT2D eigenvalue weighted by Crippen LogP contribution is -2.28. The SMILES string of the molecule is CCN(O)OC1CCCCC1. The molecule has 1 aliphatic carbocycles. The first kappa shape index (κ1) is 8.97. The molecule has 3 heteroatoms. The van der Waals surface area contributed by atoms with Gasteiger partial charge in [-0.1, -0.05) is 24.5 Å². The Morgan fingerprint density at radius 2 is 2.00 bits per heavy atom. The van der Waals surface area contributed by atoms with Crippen molar-refractivity contribution < 1.29 is 10.0 Å². The van der Waals surface area contributed by atoms with Gasteiger partial charge in [0.2, 0.25) is 0 Å². The summed E-state index contributed by atoms with van der Waals surface area (Å²) in [6.07, 6.45) is 6.24. The van der Waals surface area contributed by atoms with Crippen molar-refractivity contribution >= 4 is 0 Å². The fourth-order valence-electron chi connectivity index (χ4n) is 1.42. The molecule has 0 unspecified atom stereocenters. The summed E-state index contributed by atoms with van der Waals surface area (Å²) in [5.41, 5.74) is 0. The maximum atomic E-state index is 9.02. The summed E-state index contributed by atoms with van der Waals surface area (Å²) in [7, 11) is 0. The average Bonchev–Trinajstić information content (AvgIpc) is 2.06. The quantitative estimate of drug-likeness (QED) is 0.639. The van der Waals surface area contributed by atoms with Crippen LogP contribution in [0, 0.1) is 0 Å². The minimum absolute atomic E-state index is 0.258. The molecule has 1 fully saturated rings. The Labute approximate surface area is 67.9 Å². The zero-order chi connectivity index (χ0) is 8.10. The maximum absolute atomic E-state index is 9.02. The third-order valence-electron chi connectivity index (χ3n) is 2.09. The van der Waals surface area contributed by atoms with Gasteiger partial charge in [-0.25, -0.2) is 0 Å². The van der Waals surface area contributed by atoms with E-state index in [0.29, 0.717) is 6.54 Å². The van der Waals surface area contributed by atoms with Crippen LogP contribution in [-0.2, 0) is 4.84 Å². The van der Waals surface area contributed by atoms with E-state index in [4.69, 9.17) is 10.0 Å². The van der Waals surface area contributed by atoms with E-state index in [1.807, 2.05) is 6.92 Å². The monoisotopic (exact) mass is 159 g/mol. The van der Waals surface area contributed by atoms with Crippen LogP contribution in [0.3, 0.4) is 0 Å². The number of hydroxylamine groups is 2. The molecule has 1 aliphatic rings. The van der Waals surface area contributed by atoms with E-state index in [9.17, 15) is 0 Å². The fraction of sp³-hybridized carbons (Fsp3) is 1.00. The Bertz CT molecular complexity index is 102. The number of hydrogen-bond acceptors (Lipinski definition) is 3. The highest BCUT2D eigenvalue weighted by Crippen LogP contribution is 2.20. The first-order valence-corrected chi connectivity index (χ1v) is 4.46. The van der Waals surface area contributed by atoms with Gasteiger partial charge in [0.25, 0.3) is 0 Å². The van der Waals surface area contributed by atoms with Gasteiger partial charge in [-0.2, -0.15) is 0 Å². The molecule has 1 N–H and O–H groups in total. The summed E-state index contributed by atoms with van der Waals surface area (Å²) in [5.74, 6) is 0. The molecule has 0 spiro atoms. The summed E-state index contributed by atoms with van der Waals surface area (Å²) in [4.78, 5) is 5.23. The molecule has 11 heavy (non-hydrogen) atoms. The van der Waals surface area contributed by atoms with Gasteiger partial charge in [0.1, 0.15) is 0 Å². The molecule has 1 saturated carbocycles. The van der Waals surface area contributed by atoms with Crippen molar-refractivity contribution in [1.82, 2.24) is 5.23 Å². The molecule has 1 rings (SSSR count). The Balaban J connectivity index is 2.13. The molecule has 0 radical (unpaired) electrons. The van der Waals surface area contributed by atoms with Gasteiger partial charge < -0.3 is 0 Å². The van der Waals surface area contributed by atoms with E-state index in [1.165, 1.54) is 19.3 Å². The van der Waals surface area contributed by atoms with Crippen molar-refractivity contribution in [3.63, 3.8) is 0 Å². The van der Waals surface area contributed by atoms with E-state index in [2.05, 4.69) is 0 Å². The predicted molar refractivity (Wildman–Crippen MR) is 42.1 cm³/mol. The topological polar surface area (TPSA) is 32.7 Å². The Morgan fingerprint density at radius 3 is 2.55 bits per heavy atom. The predicted octanol–water partition coefficient (Wildman–Crippen LogP) is 1.96. The van der Waals surface area contributed by atoms with Crippen molar-refractivity contribution in [3.05, 3.63) is 0 Å². The summed E-state index contributed by atoms with van der Waals surface area (Å²) in [6, 6.07) is 0. The van der Waals surface area contributed by atoms with Crippen LogP contribution in [0.4, 0.5) is 0 Å². The van der Waals surface area contributed by atoms with E-state index in [-0.39, 0.29) is 6.10 Å². The molecular weight excluding hydrogens is 142 g/mol. The van der Waals surface area contributed by atoms with Crippen LogP contribution in [0.2, 0.25) is 0 Å². The summed E-state index contributed by atoms with van der Waals surface area (Å²) >= 11 is 0. The van der Waals surface area contributed by atoms with Crippen LogP contribution >= 0.6 is 0 Å². The Morgan fingerprint density at radius 1 is 1.36 bits per heavy atom. The standard InChI is InChI=1S/C8H17NO2/c1-2-9(10)11-8-6-4-3-5-7-8/h8,10H,2-7H2,1H3. The van der Waals surface area contributed by atoms with Crippen LogP contribution in [0.1, 0.15) is 39.0 Å². The van der Waals surface area contributed by atoms with Gasteiger partial charge in [0, 0.05) is 6.54 Å². The van der Waals surface area contributed by atoms with Gasteiger partial charge in [0.05, 0.1) is 6.10 Å². The lowest BCUT2D eigenvalue weighted by atomic mass is 9.98. The van der Waals surface area contributed by atoms with E-state index < -0.39 is 0 Å².